The number of benzene rings is 2. The second kappa shape index (κ2) is 4.45. The molecule has 0 aliphatic rings. The summed E-state index contributed by atoms with van der Waals surface area (Å²) in [5.74, 6) is -0.304. The van der Waals surface area contributed by atoms with E-state index < -0.39 is 0 Å². The maximum absolute atomic E-state index is 11.4. The zero-order chi connectivity index (χ0) is 12.4. The van der Waals surface area contributed by atoms with Crippen molar-refractivity contribution in [2.45, 2.75) is 0 Å². The van der Waals surface area contributed by atoms with Crippen LogP contribution in [0.25, 0.3) is 10.8 Å². The summed E-state index contributed by atoms with van der Waals surface area (Å²) in [5, 5.41) is 2.15. The number of esters is 1. The van der Waals surface area contributed by atoms with E-state index in [4.69, 9.17) is 4.74 Å². The van der Waals surface area contributed by atoms with Crippen LogP contribution in [0.2, 0.25) is 0 Å². The zero-order valence-corrected chi connectivity index (χ0v) is 10.2. The lowest BCUT2D eigenvalue weighted by atomic mass is 10.1. The van der Waals surface area contributed by atoms with Gasteiger partial charge >= 0.3 is 5.97 Å². The second-order valence-electron chi connectivity index (χ2n) is 4.13. The number of nitrogens with zero attached hydrogens (tertiary/aromatic N) is 1. The molecule has 0 radical (unpaired) electrons. The van der Waals surface area contributed by atoms with Crippen molar-refractivity contribution in [1.29, 1.82) is 0 Å². The van der Waals surface area contributed by atoms with Crippen LogP contribution in [-0.2, 0) is 4.74 Å². The first-order valence-electron chi connectivity index (χ1n) is 5.41. The van der Waals surface area contributed by atoms with E-state index in [-0.39, 0.29) is 5.97 Å². The maximum atomic E-state index is 11.4. The van der Waals surface area contributed by atoms with Crippen LogP contribution in [0.1, 0.15) is 10.4 Å². The number of hydrogen-bond donors (Lipinski definition) is 0. The molecule has 0 aliphatic heterocycles. The predicted octanol–water partition coefficient (Wildman–Crippen LogP) is 2.69. The number of carbonyl (C=O) groups is 1. The SMILES string of the molecule is COC(=O)c1ccc2ccc(N(C)C)cc2c1. The van der Waals surface area contributed by atoms with Crippen molar-refractivity contribution < 1.29 is 9.53 Å². The summed E-state index contributed by atoms with van der Waals surface area (Å²) in [4.78, 5) is 13.5. The van der Waals surface area contributed by atoms with Gasteiger partial charge in [0.1, 0.15) is 0 Å². The molecule has 0 N–H and O–H groups in total. The number of methoxy groups -OCH3 is 1. The van der Waals surface area contributed by atoms with Crippen LogP contribution < -0.4 is 4.90 Å². The number of ether oxygens (including phenoxy) is 1. The Balaban J connectivity index is 2.54. The Kier molecular flexibility index (Phi) is 3.00. The Morgan fingerprint density at radius 3 is 2.41 bits per heavy atom. The molecule has 0 saturated carbocycles. The molecule has 3 nitrogen and oxygen atoms in total. The summed E-state index contributed by atoms with van der Waals surface area (Å²) in [6.07, 6.45) is 0. The van der Waals surface area contributed by atoms with E-state index in [1.807, 2.05) is 37.2 Å². The molecule has 0 fully saturated rings. The van der Waals surface area contributed by atoms with Crippen LogP contribution in [-0.4, -0.2) is 27.2 Å². The lowest BCUT2D eigenvalue weighted by Gasteiger charge is -2.13. The largest absolute Gasteiger partial charge is 0.465 e. The number of anilines is 1. The summed E-state index contributed by atoms with van der Waals surface area (Å²) in [6, 6.07) is 11.7. The Morgan fingerprint density at radius 1 is 1.06 bits per heavy atom. The quantitative estimate of drug-likeness (QED) is 0.741. The maximum Gasteiger partial charge on any atom is 0.337 e. The van der Waals surface area contributed by atoms with Gasteiger partial charge in [-0.2, -0.15) is 0 Å². The van der Waals surface area contributed by atoms with E-state index in [0.717, 1.165) is 16.5 Å². The number of fused-ring (bicyclic) bond motifs is 1. The molecule has 3 heteroatoms. The van der Waals surface area contributed by atoms with Crippen molar-refractivity contribution in [2.24, 2.45) is 0 Å². The fourth-order valence-corrected chi connectivity index (χ4v) is 1.76. The van der Waals surface area contributed by atoms with Crippen molar-refractivity contribution in [2.75, 3.05) is 26.1 Å². The molecule has 2 rings (SSSR count). The summed E-state index contributed by atoms with van der Waals surface area (Å²) in [7, 11) is 5.37. The average molecular weight is 229 g/mol. The van der Waals surface area contributed by atoms with E-state index in [0.29, 0.717) is 5.56 Å². The van der Waals surface area contributed by atoms with Gasteiger partial charge in [-0.1, -0.05) is 12.1 Å². The summed E-state index contributed by atoms with van der Waals surface area (Å²) >= 11 is 0. The molecule has 0 aliphatic carbocycles. The van der Waals surface area contributed by atoms with Crippen molar-refractivity contribution in [1.82, 2.24) is 0 Å². The fourth-order valence-electron chi connectivity index (χ4n) is 1.76. The average Bonchev–Trinajstić information content (AvgIpc) is 2.36. The van der Waals surface area contributed by atoms with E-state index in [1.165, 1.54) is 7.11 Å². The minimum absolute atomic E-state index is 0.304. The van der Waals surface area contributed by atoms with Crippen molar-refractivity contribution in [3.8, 4) is 0 Å². The summed E-state index contributed by atoms with van der Waals surface area (Å²) < 4.78 is 4.71. The van der Waals surface area contributed by atoms with Crippen LogP contribution in [0.5, 0.6) is 0 Å². The molecule has 0 amide bonds. The summed E-state index contributed by atoms with van der Waals surface area (Å²) in [6.45, 7) is 0. The molecule has 0 saturated heterocycles. The number of carbonyl (C=O) groups excluding carboxylic acids is 1. The highest BCUT2D eigenvalue weighted by atomic mass is 16.5. The highest BCUT2D eigenvalue weighted by Crippen LogP contribution is 2.22. The van der Waals surface area contributed by atoms with E-state index in [2.05, 4.69) is 12.1 Å². The number of hydrogen-bond acceptors (Lipinski definition) is 3. The molecule has 0 unspecified atom stereocenters. The minimum atomic E-state index is -0.304. The highest BCUT2D eigenvalue weighted by Gasteiger charge is 2.06. The van der Waals surface area contributed by atoms with Crippen molar-refractivity contribution >= 4 is 22.4 Å². The van der Waals surface area contributed by atoms with Gasteiger partial charge in [0.2, 0.25) is 0 Å². The topological polar surface area (TPSA) is 29.5 Å². The van der Waals surface area contributed by atoms with Gasteiger partial charge in [0.25, 0.3) is 0 Å². The van der Waals surface area contributed by atoms with Gasteiger partial charge in [0, 0.05) is 19.8 Å². The monoisotopic (exact) mass is 229 g/mol. The Labute approximate surface area is 101 Å². The third-order valence-corrected chi connectivity index (χ3v) is 2.76. The molecule has 2 aromatic rings. The molecule has 2 aromatic carbocycles. The highest BCUT2D eigenvalue weighted by molar-refractivity contribution is 5.96. The van der Waals surface area contributed by atoms with Crippen LogP contribution in [0.4, 0.5) is 5.69 Å². The Morgan fingerprint density at radius 2 is 1.76 bits per heavy atom. The van der Waals surface area contributed by atoms with Crippen LogP contribution in [0.15, 0.2) is 36.4 Å². The molecular weight excluding hydrogens is 214 g/mol. The Hall–Kier alpha value is -2.03. The molecule has 88 valence electrons. The molecule has 0 aromatic heterocycles. The van der Waals surface area contributed by atoms with E-state index in [1.54, 1.807) is 6.07 Å². The molecule has 0 bridgehead atoms. The fraction of sp³-hybridized carbons (Fsp3) is 0.214. The van der Waals surface area contributed by atoms with Crippen LogP contribution in [0, 0.1) is 0 Å². The number of rotatable bonds is 2. The first kappa shape index (κ1) is 11.5. The smallest absolute Gasteiger partial charge is 0.337 e. The van der Waals surface area contributed by atoms with Gasteiger partial charge in [-0.3, -0.25) is 0 Å². The predicted molar refractivity (Wildman–Crippen MR) is 69.6 cm³/mol. The third-order valence-electron chi connectivity index (χ3n) is 2.76. The second-order valence-corrected chi connectivity index (χ2v) is 4.13. The normalized spacial score (nSPS) is 10.3. The van der Waals surface area contributed by atoms with Gasteiger partial charge in [0.15, 0.2) is 0 Å². The Bertz CT molecular complexity index is 561. The first-order valence-corrected chi connectivity index (χ1v) is 5.41. The summed E-state index contributed by atoms with van der Waals surface area (Å²) in [5.41, 5.74) is 1.69. The van der Waals surface area contributed by atoms with Gasteiger partial charge in [-0.05, 0) is 35.0 Å². The molecule has 0 spiro atoms. The standard InChI is InChI=1S/C14H15NO2/c1-15(2)13-7-6-10-4-5-11(14(16)17-3)8-12(10)9-13/h4-9H,1-3H3. The molecule has 0 atom stereocenters. The van der Waals surface area contributed by atoms with Gasteiger partial charge < -0.3 is 9.64 Å². The molecule has 17 heavy (non-hydrogen) atoms. The van der Waals surface area contributed by atoms with E-state index in [9.17, 15) is 4.79 Å². The van der Waals surface area contributed by atoms with Crippen LogP contribution >= 0.6 is 0 Å². The van der Waals surface area contributed by atoms with Crippen molar-refractivity contribution in [3.63, 3.8) is 0 Å². The van der Waals surface area contributed by atoms with E-state index >= 15 is 0 Å². The van der Waals surface area contributed by atoms with Gasteiger partial charge in [-0.15, -0.1) is 0 Å². The lowest BCUT2D eigenvalue weighted by molar-refractivity contribution is 0.0601. The third kappa shape index (κ3) is 2.23. The van der Waals surface area contributed by atoms with Gasteiger partial charge in [-0.25, -0.2) is 4.79 Å². The zero-order valence-electron chi connectivity index (χ0n) is 10.2. The first-order chi connectivity index (χ1) is 8.11. The van der Waals surface area contributed by atoms with Crippen molar-refractivity contribution in [3.05, 3.63) is 42.0 Å². The van der Waals surface area contributed by atoms with Crippen LogP contribution in [0.3, 0.4) is 0 Å². The lowest BCUT2D eigenvalue weighted by Crippen LogP contribution is -2.08. The molecular formula is C14H15NO2. The molecule has 0 heterocycles. The minimum Gasteiger partial charge on any atom is -0.465 e. The van der Waals surface area contributed by atoms with Gasteiger partial charge in [0.05, 0.1) is 12.7 Å².